The summed E-state index contributed by atoms with van der Waals surface area (Å²) in [6.07, 6.45) is 0. The molecular formula is C20H27N5O2. The number of nitrogens with one attached hydrogen (secondary N) is 1. The Hall–Kier alpha value is -2.67. The zero-order valence-corrected chi connectivity index (χ0v) is 16.7. The third-order valence-electron chi connectivity index (χ3n) is 4.82. The molecule has 7 heteroatoms. The largest absolute Gasteiger partial charge is 0.390 e. The Morgan fingerprint density at radius 1 is 1.22 bits per heavy atom. The van der Waals surface area contributed by atoms with Crippen LogP contribution in [0.3, 0.4) is 0 Å². The molecule has 0 radical (unpaired) electrons. The molecule has 0 spiro atoms. The first kappa shape index (κ1) is 19.1. The Kier molecular flexibility index (Phi) is 4.82. The molecule has 2 aromatic heterocycles. The minimum absolute atomic E-state index is 0.0830. The predicted octanol–water partition coefficient (Wildman–Crippen LogP) is 2.58. The van der Waals surface area contributed by atoms with E-state index < -0.39 is 0 Å². The molecule has 0 saturated carbocycles. The van der Waals surface area contributed by atoms with Crippen molar-refractivity contribution >= 4 is 17.0 Å². The first-order chi connectivity index (χ1) is 12.6. The molecule has 0 bridgehead atoms. The van der Waals surface area contributed by atoms with Crippen molar-refractivity contribution in [3.63, 3.8) is 0 Å². The van der Waals surface area contributed by atoms with Crippen molar-refractivity contribution in [2.75, 3.05) is 19.0 Å². The molecule has 1 atom stereocenters. The molecule has 0 saturated heterocycles. The molecule has 0 fully saturated rings. The summed E-state index contributed by atoms with van der Waals surface area (Å²) in [5, 5.41) is 14.5. The second kappa shape index (κ2) is 6.81. The molecule has 2 heterocycles. The standard InChI is InChI=1S/C20H27N5O2/c1-12(13-7-9-14(10-8-13)20(2,3)4)25-17-16(15(11-26)23-25)18(27)22-19(21-17)24(5)6/h7-10,12,26H,11H2,1-6H3,(H,21,22,27)/t12-/m0/s1. The lowest BCUT2D eigenvalue weighted by Crippen LogP contribution is -2.20. The van der Waals surface area contributed by atoms with Gasteiger partial charge in [0, 0.05) is 14.1 Å². The van der Waals surface area contributed by atoms with Gasteiger partial charge in [-0.3, -0.25) is 9.78 Å². The van der Waals surface area contributed by atoms with Gasteiger partial charge >= 0.3 is 0 Å². The molecule has 0 aliphatic heterocycles. The van der Waals surface area contributed by atoms with Crippen molar-refractivity contribution in [3.8, 4) is 0 Å². The molecule has 2 N–H and O–H groups in total. The lowest BCUT2D eigenvalue weighted by molar-refractivity contribution is 0.276. The van der Waals surface area contributed by atoms with Crippen LogP contribution in [0.15, 0.2) is 29.1 Å². The number of rotatable bonds is 4. The predicted molar refractivity (Wildman–Crippen MR) is 107 cm³/mol. The summed E-state index contributed by atoms with van der Waals surface area (Å²) in [4.78, 5) is 21.6. The van der Waals surface area contributed by atoms with Gasteiger partial charge in [-0.1, -0.05) is 45.0 Å². The maximum atomic E-state index is 12.5. The van der Waals surface area contributed by atoms with Crippen LogP contribution in [-0.2, 0) is 12.0 Å². The first-order valence-electron chi connectivity index (χ1n) is 9.03. The lowest BCUT2D eigenvalue weighted by atomic mass is 9.86. The number of aliphatic hydroxyl groups excluding tert-OH is 1. The van der Waals surface area contributed by atoms with Crippen molar-refractivity contribution in [3.05, 3.63) is 51.4 Å². The van der Waals surface area contributed by atoms with Crippen LogP contribution in [0.25, 0.3) is 11.0 Å². The van der Waals surface area contributed by atoms with Crippen LogP contribution in [0.2, 0.25) is 0 Å². The third kappa shape index (κ3) is 3.47. The van der Waals surface area contributed by atoms with Gasteiger partial charge in [-0.15, -0.1) is 0 Å². The number of aromatic amines is 1. The highest BCUT2D eigenvalue weighted by Gasteiger charge is 2.21. The summed E-state index contributed by atoms with van der Waals surface area (Å²) in [5.41, 5.74) is 2.91. The maximum Gasteiger partial charge on any atom is 0.263 e. The van der Waals surface area contributed by atoms with E-state index in [1.54, 1.807) is 9.58 Å². The van der Waals surface area contributed by atoms with Crippen molar-refractivity contribution in [2.24, 2.45) is 0 Å². The highest BCUT2D eigenvalue weighted by Crippen LogP contribution is 2.27. The summed E-state index contributed by atoms with van der Waals surface area (Å²) in [5.74, 6) is 0.452. The van der Waals surface area contributed by atoms with Crippen molar-refractivity contribution in [1.82, 2.24) is 19.7 Å². The maximum absolute atomic E-state index is 12.5. The zero-order chi connectivity index (χ0) is 19.9. The Morgan fingerprint density at radius 2 is 1.85 bits per heavy atom. The number of hydrogen-bond donors (Lipinski definition) is 2. The zero-order valence-electron chi connectivity index (χ0n) is 16.7. The molecule has 27 heavy (non-hydrogen) atoms. The summed E-state index contributed by atoms with van der Waals surface area (Å²) >= 11 is 0. The van der Waals surface area contributed by atoms with E-state index in [9.17, 15) is 9.90 Å². The highest BCUT2D eigenvalue weighted by atomic mass is 16.3. The van der Waals surface area contributed by atoms with Gasteiger partial charge in [-0.25, -0.2) is 4.68 Å². The first-order valence-corrected chi connectivity index (χ1v) is 9.03. The Bertz CT molecular complexity index is 1010. The van der Waals surface area contributed by atoms with E-state index in [1.807, 2.05) is 21.0 Å². The number of aliphatic hydroxyl groups is 1. The van der Waals surface area contributed by atoms with Crippen LogP contribution in [0.4, 0.5) is 5.95 Å². The quantitative estimate of drug-likeness (QED) is 0.738. The second-order valence-electron chi connectivity index (χ2n) is 8.08. The van der Waals surface area contributed by atoms with Gasteiger partial charge < -0.3 is 10.0 Å². The average Bonchev–Trinajstić information content (AvgIpc) is 2.99. The number of hydrogen-bond acceptors (Lipinski definition) is 5. The fraction of sp³-hybridized carbons (Fsp3) is 0.450. The van der Waals surface area contributed by atoms with Gasteiger partial charge in [-0.05, 0) is 23.5 Å². The number of aromatic nitrogens is 4. The van der Waals surface area contributed by atoms with Gasteiger partial charge in [0.2, 0.25) is 5.95 Å². The van der Waals surface area contributed by atoms with Gasteiger partial charge in [0.1, 0.15) is 11.1 Å². The second-order valence-corrected chi connectivity index (χ2v) is 8.08. The minimum atomic E-state index is -0.314. The fourth-order valence-corrected chi connectivity index (χ4v) is 3.10. The molecular weight excluding hydrogens is 342 g/mol. The SMILES string of the molecule is C[C@@H](c1ccc(C(C)(C)C)cc1)n1nc(CO)c2c(=O)[nH]c(N(C)C)nc21. The molecule has 3 rings (SSSR count). The molecule has 0 amide bonds. The smallest absolute Gasteiger partial charge is 0.263 e. The van der Waals surface area contributed by atoms with Crippen LogP contribution >= 0.6 is 0 Å². The molecule has 3 aromatic rings. The van der Waals surface area contributed by atoms with Gasteiger partial charge in [0.15, 0.2) is 5.65 Å². The van der Waals surface area contributed by atoms with E-state index in [2.05, 4.69) is 60.1 Å². The Labute approximate surface area is 158 Å². The van der Waals surface area contributed by atoms with E-state index in [-0.39, 0.29) is 23.6 Å². The van der Waals surface area contributed by atoms with Crippen LogP contribution < -0.4 is 10.5 Å². The number of fused-ring (bicyclic) bond motifs is 1. The highest BCUT2D eigenvalue weighted by molar-refractivity contribution is 5.78. The molecule has 0 unspecified atom stereocenters. The number of benzene rings is 1. The normalized spacial score (nSPS) is 13.1. The topological polar surface area (TPSA) is 87.0 Å². The van der Waals surface area contributed by atoms with Crippen molar-refractivity contribution in [1.29, 1.82) is 0 Å². The Balaban J connectivity index is 2.14. The molecule has 144 valence electrons. The molecule has 1 aromatic carbocycles. The average molecular weight is 369 g/mol. The molecule has 0 aliphatic rings. The van der Waals surface area contributed by atoms with Gasteiger partial charge in [-0.2, -0.15) is 10.1 Å². The summed E-state index contributed by atoms with van der Waals surface area (Å²) in [6.45, 7) is 8.24. The number of anilines is 1. The van der Waals surface area contributed by atoms with E-state index in [1.165, 1.54) is 5.56 Å². The Morgan fingerprint density at radius 3 is 2.37 bits per heavy atom. The van der Waals surface area contributed by atoms with Crippen LogP contribution in [0, 0.1) is 0 Å². The van der Waals surface area contributed by atoms with Crippen LogP contribution in [-0.4, -0.2) is 39.0 Å². The number of H-pyrrole nitrogens is 1. The van der Waals surface area contributed by atoms with E-state index >= 15 is 0 Å². The van der Waals surface area contributed by atoms with E-state index in [0.717, 1.165) is 5.56 Å². The fourth-order valence-electron chi connectivity index (χ4n) is 3.10. The van der Waals surface area contributed by atoms with E-state index in [0.29, 0.717) is 22.7 Å². The summed E-state index contributed by atoms with van der Waals surface area (Å²) in [7, 11) is 3.62. The minimum Gasteiger partial charge on any atom is -0.390 e. The summed E-state index contributed by atoms with van der Waals surface area (Å²) < 4.78 is 1.72. The van der Waals surface area contributed by atoms with Crippen molar-refractivity contribution < 1.29 is 5.11 Å². The van der Waals surface area contributed by atoms with Gasteiger partial charge in [0.05, 0.1) is 12.6 Å². The van der Waals surface area contributed by atoms with Crippen LogP contribution in [0.5, 0.6) is 0 Å². The monoisotopic (exact) mass is 369 g/mol. The molecule has 7 nitrogen and oxygen atoms in total. The lowest BCUT2D eigenvalue weighted by Gasteiger charge is -2.20. The van der Waals surface area contributed by atoms with Gasteiger partial charge in [0.25, 0.3) is 5.56 Å². The molecule has 0 aliphatic carbocycles. The van der Waals surface area contributed by atoms with E-state index in [4.69, 9.17) is 0 Å². The van der Waals surface area contributed by atoms with Crippen molar-refractivity contribution in [2.45, 2.75) is 45.8 Å². The third-order valence-corrected chi connectivity index (χ3v) is 4.82. The van der Waals surface area contributed by atoms with Crippen LogP contribution in [0.1, 0.15) is 50.6 Å². The number of nitrogens with zero attached hydrogens (tertiary/aromatic N) is 4. The summed E-state index contributed by atoms with van der Waals surface area (Å²) in [6, 6.07) is 8.27.